The molecule has 1 unspecified atom stereocenters. The Bertz CT molecular complexity index is 1070. The predicted molar refractivity (Wildman–Crippen MR) is 128 cm³/mol. The highest BCUT2D eigenvalue weighted by Crippen LogP contribution is 2.44. The van der Waals surface area contributed by atoms with E-state index in [2.05, 4.69) is 10.3 Å². The Morgan fingerprint density at radius 2 is 1.61 bits per heavy atom. The van der Waals surface area contributed by atoms with Crippen LogP contribution in [0.25, 0.3) is 0 Å². The SMILES string of the molecule is CN(C)C1=NC(NC(=O)COCc2ccccc2)=C(C(=O)O)[N+]1(c1ccccc1)C(C)(C)C. The second-order valence-corrected chi connectivity index (χ2v) is 9.01. The number of carboxylic acids is 1. The van der Waals surface area contributed by atoms with Gasteiger partial charge in [0.1, 0.15) is 17.8 Å². The van der Waals surface area contributed by atoms with Gasteiger partial charge in [0.15, 0.2) is 0 Å². The van der Waals surface area contributed by atoms with Gasteiger partial charge >= 0.3 is 11.9 Å². The molecule has 0 aromatic heterocycles. The van der Waals surface area contributed by atoms with Gasteiger partial charge in [-0.05, 0) is 26.3 Å². The van der Waals surface area contributed by atoms with E-state index in [-0.39, 0.29) is 29.2 Å². The number of carbonyl (C=O) groups is 2. The first-order valence-corrected chi connectivity index (χ1v) is 10.7. The molecule has 0 fully saturated rings. The quantitative estimate of drug-likeness (QED) is 0.631. The maximum Gasteiger partial charge on any atom is 0.395 e. The summed E-state index contributed by atoms with van der Waals surface area (Å²) in [5.74, 6) is -1.12. The van der Waals surface area contributed by atoms with Crippen LogP contribution in [0.15, 0.2) is 77.2 Å². The van der Waals surface area contributed by atoms with Crippen molar-refractivity contribution in [3.8, 4) is 0 Å². The van der Waals surface area contributed by atoms with Crippen molar-refractivity contribution in [2.45, 2.75) is 32.9 Å². The predicted octanol–water partition coefficient (Wildman–Crippen LogP) is 3.31. The van der Waals surface area contributed by atoms with Crippen molar-refractivity contribution in [2.24, 2.45) is 4.99 Å². The van der Waals surface area contributed by atoms with Gasteiger partial charge in [-0.3, -0.25) is 4.79 Å². The van der Waals surface area contributed by atoms with Gasteiger partial charge in [0.25, 0.3) is 11.6 Å². The van der Waals surface area contributed by atoms with E-state index < -0.39 is 17.4 Å². The lowest BCUT2D eigenvalue weighted by molar-refractivity contribution is -0.134. The third-order valence-corrected chi connectivity index (χ3v) is 5.43. The van der Waals surface area contributed by atoms with Gasteiger partial charge in [0, 0.05) is 26.2 Å². The number of ether oxygens (including phenoxy) is 1. The summed E-state index contributed by atoms with van der Waals surface area (Å²) in [6.07, 6.45) is 0. The third kappa shape index (κ3) is 4.67. The minimum absolute atomic E-state index is 0.0123. The van der Waals surface area contributed by atoms with Crippen molar-refractivity contribution in [3.05, 3.63) is 77.7 Å². The van der Waals surface area contributed by atoms with Crippen LogP contribution in [0.3, 0.4) is 0 Å². The molecule has 0 radical (unpaired) electrons. The number of carboxylic acid groups (broad SMARTS) is 1. The lowest BCUT2D eigenvalue weighted by Gasteiger charge is -2.45. The van der Waals surface area contributed by atoms with Crippen LogP contribution in [0.2, 0.25) is 0 Å². The molecule has 2 aromatic carbocycles. The summed E-state index contributed by atoms with van der Waals surface area (Å²) in [7, 11) is 3.63. The number of aliphatic imine (C=N–C) groups is 1. The van der Waals surface area contributed by atoms with Gasteiger partial charge in [0.2, 0.25) is 5.82 Å². The van der Waals surface area contributed by atoms with E-state index in [1.54, 1.807) is 4.90 Å². The molecule has 0 aliphatic carbocycles. The molecule has 0 saturated carbocycles. The van der Waals surface area contributed by atoms with Crippen LogP contribution in [-0.2, 0) is 20.9 Å². The van der Waals surface area contributed by atoms with Crippen molar-refractivity contribution in [1.82, 2.24) is 14.7 Å². The van der Waals surface area contributed by atoms with E-state index in [0.29, 0.717) is 5.96 Å². The smallest absolute Gasteiger partial charge is 0.395 e. The lowest BCUT2D eigenvalue weighted by Crippen LogP contribution is -2.67. The Morgan fingerprint density at radius 3 is 2.12 bits per heavy atom. The fourth-order valence-corrected chi connectivity index (χ4v) is 4.14. The Hall–Kier alpha value is -3.49. The number of carbonyl (C=O) groups excluding carboxylic acids is 1. The molecule has 1 aliphatic rings. The molecule has 1 aliphatic heterocycles. The number of benzene rings is 2. The van der Waals surface area contributed by atoms with Crippen molar-refractivity contribution < 1.29 is 19.4 Å². The van der Waals surface area contributed by atoms with Gasteiger partial charge in [-0.15, -0.1) is 0 Å². The van der Waals surface area contributed by atoms with E-state index in [9.17, 15) is 14.7 Å². The van der Waals surface area contributed by atoms with Crippen LogP contribution in [0, 0.1) is 0 Å². The topological polar surface area (TPSA) is 91.2 Å². The monoisotopic (exact) mass is 451 g/mol. The standard InChI is InChI=1S/C25H30N4O4/c1-25(2,3)29(19-14-10-7-11-15-19)21(23(31)32)22(27-24(29)28(4)5)26-20(30)17-33-16-18-12-8-6-9-13-18/h6-15H,16-17H2,1-5H3,(H-,26,30,31,32)/p+1. The number of quaternary nitrogens is 1. The number of guanidine groups is 1. The minimum Gasteiger partial charge on any atom is -0.474 e. The number of hydrogen-bond donors (Lipinski definition) is 2. The minimum atomic E-state index is -1.16. The maximum absolute atomic E-state index is 12.7. The molecule has 33 heavy (non-hydrogen) atoms. The van der Waals surface area contributed by atoms with Gasteiger partial charge in [-0.1, -0.05) is 48.5 Å². The number of rotatable bonds is 7. The van der Waals surface area contributed by atoms with Crippen molar-refractivity contribution in [2.75, 3.05) is 20.7 Å². The molecular weight excluding hydrogens is 420 g/mol. The molecule has 0 saturated heterocycles. The average Bonchev–Trinajstić information content (AvgIpc) is 3.11. The summed E-state index contributed by atoms with van der Waals surface area (Å²) < 4.78 is 5.36. The van der Waals surface area contributed by atoms with Crippen LogP contribution in [0.4, 0.5) is 5.69 Å². The fraction of sp³-hybridized carbons (Fsp3) is 0.320. The molecule has 0 bridgehead atoms. The van der Waals surface area contributed by atoms with Crippen LogP contribution in [-0.4, -0.2) is 54.1 Å². The number of hydrogen-bond acceptors (Lipinski definition) is 5. The second kappa shape index (κ2) is 9.56. The average molecular weight is 452 g/mol. The molecule has 1 atom stereocenters. The molecule has 8 heteroatoms. The molecule has 2 aromatic rings. The Balaban J connectivity index is 1.99. The van der Waals surface area contributed by atoms with E-state index in [1.807, 2.05) is 95.5 Å². The van der Waals surface area contributed by atoms with Gasteiger partial charge in [-0.25, -0.2) is 4.79 Å². The summed E-state index contributed by atoms with van der Waals surface area (Å²) >= 11 is 0. The molecule has 1 heterocycles. The van der Waals surface area contributed by atoms with Crippen LogP contribution in [0.5, 0.6) is 0 Å². The van der Waals surface area contributed by atoms with Crippen molar-refractivity contribution in [1.29, 1.82) is 0 Å². The summed E-state index contributed by atoms with van der Waals surface area (Å²) in [5.41, 5.74) is 1.03. The molecule has 0 spiro atoms. The molecular formula is C25H31N4O4+. The first-order chi connectivity index (χ1) is 15.6. The highest BCUT2D eigenvalue weighted by molar-refractivity contribution is 6.08. The zero-order valence-corrected chi connectivity index (χ0v) is 19.7. The number of aliphatic carboxylic acids is 1. The maximum atomic E-state index is 12.7. The highest BCUT2D eigenvalue weighted by Gasteiger charge is 2.60. The summed E-state index contributed by atoms with van der Waals surface area (Å²) in [6.45, 7) is 5.91. The lowest BCUT2D eigenvalue weighted by atomic mass is 9.97. The molecule has 3 rings (SSSR count). The summed E-state index contributed by atoms with van der Waals surface area (Å²) in [5, 5.41) is 13.0. The Kier molecular flexibility index (Phi) is 7.00. The van der Waals surface area contributed by atoms with E-state index in [0.717, 1.165) is 11.3 Å². The molecule has 1 amide bonds. The second-order valence-electron chi connectivity index (χ2n) is 9.01. The number of nitrogens with one attached hydrogen (secondary N) is 1. The number of para-hydroxylation sites is 1. The van der Waals surface area contributed by atoms with Crippen LogP contribution < -0.4 is 9.80 Å². The number of amides is 1. The van der Waals surface area contributed by atoms with Gasteiger partial charge in [-0.2, -0.15) is 9.48 Å². The molecule has 174 valence electrons. The fourth-order valence-electron chi connectivity index (χ4n) is 4.14. The zero-order valence-electron chi connectivity index (χ0n) is 19.7. The first kappa shape index (κ1) is 24.2. The van der Waals surface area contributed by atoms with E-state index in [1.165, 1.54) is 0 Å². The summed E-state index contributed by atoms with van der Waals surface area (Å²) in [4.78, 5) is 31.7. The third-order valence-electron chi connectivity index (χ3n) is 5.43. The highest BCUT2D eigenvalue weighted by atomic mass is 16.5. The van der Waals surface area contributed by atoms with Crippen LogP contribution >= 0.6 is 0 Å². The van der Waals surface area contributed by atoms with Gasteiger partial charge < -0.3 is 20.1 Å². The van der Waals surface area contributed by atoms with E-state index >= 15 is 0 Å². The van der Waals surface area contributed by atoms with Crippen LogP contribution in [0.1, 0.15) is 26.3 Å². The largest absolute Gasteiger partial charge is 0.474 e. The number of nitrogens with zero attached hydrogens (tertiary/aromatic N) is 3. The normalized spacial score (nSPS) is 18.2. The van der Waals surface area contributed by atoms with Crippen molar-refractivity contribution >= 4 is 23.5 Å². The van der Waals surface area contributed by atoms with E-state index in [4.69, 9.17) is 4.74 Å². The summed E-state index contributed by atoms with van der Waals surface area (Å²) in [6, 6.07) is 18.9. The Morgan fingerprint density at radius 1 is 1.03 bits per heavy atom. The first-order valence-electron chi connectivity index (χ1n) is 10.7. The zero-order chi connectivity index (χ0) is 24.2. The van der Waals surface area contributed by atoms with Crippen molar-refractivity contribution in [3.63, 3.8) is 0 Å². The molecule has 2 N–H and O–H groups in total. The van der Waals surface area contributed by atoms with Gasteiger partial charge in [0.05, 0.1) is 6.61 Å². The Labute approximate surface area is 194 Å². The molecule has 8 nitrogen and oxygen atoms in total.